The molecular weight excluding hydrogens is 216 g/mol. The summed E-state index contributed by atoms with van der Waals surface area (Å²) in [5, 5.41) is 9.72. The van der Waals surface area contributed by atoms with Crippen molar-refractivity contribution in [3.63, 3.8) is 0 Å². The Morgan fingerprint density at radius 2 is 1.94 bits per heavy atom. The second-order valence-electron chi connectivity index (χ2n) is 4.04. The second-order valence-corrected chi connectivity index (χ2v) is 4.04. The van der Waals surface area contributed by atoms with Gasteiger partial charge in [-0.2, -0.15) is 0 Å². The van der Waals surface area contributed by atoms with Gasteiger partial charge in [0.1, 0.15) is 0 Å². The monoisotopic (exact) mass is 236 g/mol. The van der Waals surface area contributed by atoms with Crippen molar-refractivity contribution in [2.75, 3.05) is 6.61 Å². The molecule has 1 N–H and O–H groups in total. The van der Waals surface area contributed by atoms with Gasteiger partial charge in [0.15, 0.2) is 6.10 Å². The summed E-state index contributed by atoms with van der Waals surface area (Å²) in [6.45, 7) is 2.52. The molecule has 0 aromatic heterocycles. The highest BCUT2D eigenvalue weighted by molar-refractivity contribution is 5.76. The van der Waals surface area contributed by atoms with Crippen LogP contribution in [0.4, 0.5) is 0 Å². The number of rotatable bonds is 7. The number of hydrogen-bond acceptors (Lipinski definition) is 3. The Hall–Kier alpha value is -1.35. The molecule has 0 heterocycles. The van der Waals surface area contributed by atoms with Gasteiger partial charge in [0.05, 0.1) is 6.61 Å². The highest BCUT2D eigenvalue weighted by Gasteiger charge is 2.17. The van der Waals surface area contributed by atoms with Crippen molar-refractivity contribution in [3.8, 4) is 0 Å². The normalized spacial score (nSPS) is 12.1. The summed E-state index contributed by atoms with van der Waals surface area (Å²) < 4.78 is 5.02. The first-order valence-corrected chi connectivity index (χ1v) is 6.15. The lowest BCUT2D eigenvalue weighted by atomic mass is 10.1. The van der Waals surface area contributed by atoms with Crippen LogP contribution in [0, 0.1) is 0 Å². The molecule has 0 aliphatic heterocycles. The summed E-state index contributed by atoms with van der Waals surface area (Å²) >= 11 is 0. The van der Waals surface area contributed by atoms with Crippen LogP contribution in [0.3, 0.4) is 0 Å². The van der Waals surface area contributed by atoms with Crippen molar-refractivity contribution >= 4 is 5.97 Å². The van der Waals surface area contributed by atoms with Crippen LogP contribution in [0.25, 0.3) is 0 Å². The molecule has 0 radical (unpaired) electrons. The van der Waals surface area contributed by atoms with Gasteiger partial charge < -0.3 is 9.84 Å². The van der Waals surface area contributed by atoms with Crippen molar-refractivity contribution in [2.24, 2.45) is 0 Å². The molecule has 0 amide bonds. The minimum Gasteiger partial charge on any atom is -0.464 e. The van der Waals surface area contributed by atoms with Crippen LogP contribution >= 0.6 is 0 Å². The number of aliphatic hydroxyl groups is 1. The average Bonchev–Trinajstić information content (AvgIpc) is 2.38. The Morgan fingerprint density at radius 1 is 1.24 bits per heavy atom. The zero-order valence-corrected chi connectivity index (χ0v) is 10.3. The second kappa shape index (κ2) is 7.85. The Bertz CT molecular complexity index is 321. The van der Waals surface area contributed by atoms with Gasteiger partial charge in [0, 0.05) is 0 Å². The molecule has 1 aromatic rings. The summed E-state index contributed by atoms with van der Waals surface area (Å²) in [5.41, 5.74) is 0.575. The van der Waals surface area contributed by atoms with Crippen LogP contribution in [-0.4, -0.2) is 17.7 Å². The predicted octanol–water partition coefficient (Wildman–Crippen LogP) is 2.84. The first-order chi connectivity index (χ1) is 8.25. The van der Waals surface area contributed by atoms with Crippen LogP contribution in [0.1, 0.15) is 44.3 Å². The van der Waals surface area contributed by atoms with E-state index in [1.54, 1.807) is 24.3 Å². The van der Waals surface area contributed by atoms with E-state index in [4.69, 9.17) is 4.74 Å². The van der Waals surface area contributed by atoms with E-state index in [0.29, 0.717) is 12.2 Å². The standard InChI is InChI=1S/C14H20O3/c1-2-3-4-8-11-17-14(16)13(15)12-9-6-5-7-10-12/h5-7,9-10,13,15H,2-4,8,11H2,1H3/t13-/m0/s1. The third kappa shape index (κ3) is 5.00. The molecule has 0 fully saturated rings. The van der Waals surface area contributed by atoms with E-state index in [9.17, 15) is 9.90 Å². The maximum absolute atomic E-state index is 11.5. The van der Waals surface area contributed by atoms with Crippen molar-refractivity contribution in [1.29, 1.82) is 0 Å². The molecule has 0 spiro atoms. The average molecular weight is 236 g/mol. The summed E-state index contributed by atoms with van der Waals surface area (Å²) in [7, 11) is 0. The number of ether oxygens (including phenoxy) is 1. The number of hydrogen-bond donors (Lipinski definition) is 1. The summed E-state index contributed by atoms with van der Waals surface area (Å²) in [5.74, 6) is -0.562. The van der Waals surface area contributed by atoms with Crippen LogP contribution in [0.5, 0.6) is 0 Å². The molecular formula is C14H20O3. The molecule has 1 rings (SSSR count). The molecule has 3 heteroatoms. The molecule has 94 valence electrons. The van der Waals surface area contributed by atoms with E-state index < -0.39 is 12.1 Å². The quantitative estimate of drug-likeness (QED) is 0.585. The molecule has 0 aliphatic carbocycles. The summed E-state index contributed by atoms with van der Waals surface area (Å²) in [4.78, 5) is 11.5. The Kier molecular flexibility index (Phi) is 6.33. The summed E-state index contributed by atoms with van der Waals surface area (Å²) in [6, 6.07) is 8.83. The van der Waals surface area contributed by atoms with Crippen LogP contribution in [-0.2, 0) is 9.53 Å². The molecule has 1 atom stereocenters. The predicted molar refractivity (Wildman–Crippen MR) is 66.5 cm³/mol. The van der Waals surface area contributed by atoms with Gasteiger partial charge in [0.25, 0.3) is 0 Å². The lowest BCUT2D eigenvalue weighted by molar-refractivity contribution is -0.154. The van der Waals surface area contributed by atoms with E-state index in [-0.39, 0.29) is 0 Å². The fourth-order valence-electron chi connectivity index (χ4n) is 1.55. The Labute approximate surface area is 102 Å². The smallest absolute Gasteiger partial charge is 0.339 e. The largest absolute Gasteiger partial charge is 0.464 e. The number of aliphatic hydroxyl groups excluding tert-OH is 1. The van der Waals surface area contributed by atoms with Crippen molar-refractivity contribution in [1.82, 2.24) is 0 Å². The van der Waals surface area contributed by atoms with E-state index >= 15 is 0 Å². The maximum Gasteiger partial charge on any atom is 0.339 e. The number of esters is 1. The van der Waals surface area contributed by atoms with Crippen LogP contribution in [0.15, 0.2) is 30.3 Å². The van der Waals surface area contributed by atoms with Crippen molar-refractivity contribution in [3.05, 3.63) is 35.9 Å². The summed E-state index contributed by atoms with van der Waals surface area (Å²) in [6.07, 6.45) is 3.06. The zero-order chi connectivity index (χ0) is 12.5. The lowest BCUT2D eigenvalue weighted by Gasteiger charge is -2.10. The Morgan fingerprint density at radius 3 is 2.59 bits per heavy atom. The van der Waals surface area contributed by atoms with Crippen molar-refractivity contribution in [2.45, 2.75) is 38.7 Å². The number of benzene rings is 1. The molecule has 1 aromatic carbocycles. The van der Waals surface area contributed by atoms with Gasteiger partial charge in [-0.1, -0.05) is 56.5 Å². The first-order valence-electron chi connectivity index (χ1n) is 6.15. The third-order valence-electron chi connectivity index (χ3n) is 2.58. The van der Waals surface area contributed by atoms with Gasteiger partial charge >= 0.3 is 5.97 Å². The molecule has 0 saturated carbocycles. The maximum atomic E-state index is 11.5. The van der Waals surface area contributed by atoms with E-state index in [1.165, 1.54) is 0 Å². The highest BCUT2D eigenvalue weighted by atomic mass is 16.5. The molecule has 0 saturated heterocycles. The fourth-order valence-corrected chi connectivity index (χ4v) is 1.55. The number of unbranched alkanes of at least 4 members (excludes halogenated alkanes) is 3. The van der Waals surface area contributed by atoms with Crippen molar-refractivity contribution < 1.29 is 14.6 Å². The molecule has 3 nitrogen and oxygen atoms in total. The van der Waals surface area contributed by atoms with E-state index in [0.717, 1.165) is 25.7 Å². The van der Waals surface area contributed by atoms with Gasteiger partial charge in [-0.25, -0.2) is 4.79 Å². The van der Waals surface area contributed by atoms with E-state index in [1.807, 2.05) is 6.07 Å². The van der Waals surface area contributed by atoms with Crippen LogP contribution < -0.4 is 0 Å². The van der Waals surface area contributed by atoms with Gasteiger partial charge in [0.2, 0.25) is 0 Å². The van der Waals surface area contributed by atoms with E-state index in [2.05, 4.69) is 6.92 Å². The third-order valence-corrected chi connectivity index (χ3v) is 2.58. The van der Waals surface area contributed by atoms with Gasteiger partial charge in [-0.3, -0.25) is 0 Å². The van der Waals surface area contributed by atoms with Gasteiger partial charge in [-0.05, 0) is 12.0 Å². The first kappa shape index (κ1) is 13.7. The molecule has 17 heavy (non-hydrogen) atoms. The fraction of sp³-hybridized carbons (Fsp3) is 0.500. The highest BCUT2D eigenvalue weighted by Crippen LogP contribution is 2.13. The molecule has 0 bridgehead atoms. The topological polar surface area (TPSA) is 46.5 Å². The molecule has 0 aliphatic rings. The number of carbonyl (C=O) groups is 1. The zero-order valence-electron chi connectivity index (χ0n) is 10.3. The van der Waals surface area contributed by atoms with Gasteiger partial charge in [-0.15, -0.1) is 0 Å². The molecule has 0 unspecified atom stereocenters. The SMILES string of the molecule is CCCCCCOC(=O)[C@@H](O)c1ccccc1. The minimum absolute atomic E-state index is 0.392. The minimum atomic E-state index is -1.16. The lowest BCUT2D eigenvalue weighted by Crippen LogP contribution is -2.16. The number of carbonyl (C=O) groups excluding carboxylic acids is 1. The Balaban J connectivity index is 2.28. The van der Waals surface area contributed by atoms with Crippen LogP contribution in [0.2, 0.25) is 0 Å².